The zero-order valence-corrected chi connectivity index (χ0v) is 15.7. The maximum absolute atomic E-state index is 12.8. The molecular formula is C23H21NO2S. The van der Waals surface area contributed by atoms with Gasteiger partial charge in [-0.2, -0.15) is 0 Å². The summed E-state index contributed by atoms with van der Waals surface area (Å²) >= 11 is 1.31. The Kier molecular flexibility index (Phi) is 6.44. The molecule has 0 atom stereocenters. The standard InChI is InChI=1S/C23H21NO2S/c25-16-17-27-18-22(26)24-23(19-10-4-1-5-11-19,20-12-6-2-7-13-20)21-14-8-3-9-15-21/h1-16H,17-18H2,(H,24,26). The molecule has 27 heavy (non-hydrogen) atoms. The van der Waals surface area contributed by atoms with Gasteiger partial charge < -0.3 is 10.1 Å². The van der Waals surface area contributed by atoms with Gasteiger partial charge in [-0.15, -0.1) is 11.8 Å². The number of hydrogen-bond donors (Lipinski definition) is 1. The lowest BCUT2D eigenvalue weighted by molar-refractivity contribution is -0.119. The highest BCUT2D eigenvalue weighted by Crippen LogP contribution is 2.36. The fourth-order valence-corrected chi connectivity index (χ4v) is 3.70. The molecule has 0 spiro atoms. The van der Waals surface area contributed by atoms with E-state index in [4.69, 9.17) is 0 Å². The Labute approximate surface area is 163 Å². The Bertz CT molecular complexity index is 770. The molecule has 136 valence electrons. The molecule has 0 aliphatic carbocycles. The number of benzene rings is 3. The third-order valence-electron chi connectivity index (χ3n) is 4.37. The van der Waals surface area contributed by atoms with E-state index in [1.807, 2.05) is 91.0 Å². The molecule has 0 bridgehead atoms. The molecule has 4 heteroatoms. The van der Waals surface area contributed by atoms with E-state index in [2.05, 4.69) is 5.32 Å². The molecule has 0 aliphatic rings. The third-order valence-corrected chi connectivity index (χ3v) is 5.20. The summed E-state index contributed by atoms with van der Waals surface area (Å²) in [5.41, 5.74) is 2.14. The van der Waals surface area contributed by atoms with E-state index in [1.165, 1.54) is 11.8 Å². The smallest absolute Gasteiger partial charge is 0.231 e. The zero-order valence-electron chi connectivity index (χ0n) is 14.9. The lowest BCUT2D eigenvalue weighted by Gasteiger charge is -2.37. The topological polar surface area (TPSA) is 46.2 Å². The lowest BCUT2D eigenvalue weighted by atomic mass is 9.77. The van der Waals surface area contributed by atoms with Crippen LogP contribution in [0.25, 0.3) is 0 Å². The maximum atomic E-state index is 12.8. The Balaban J connectivity index is 2.14. The highest BCUT2D eigenvalue weighted by Gasteiger charge is 2.37. The summed E-state index contributed by atoms with van der Waals surface area (Å²) in [6.45, 7) is 0. The summed E-state index contributed by atoms with van der Waals surface area (Å²) in [6, 6.07) is 29.9. The van der Waals surface area contributed by atoms with Gasteiger partial charge in [-0.05, 0) is 16.7 Å². The number of hydrogen-bond acceptors (Lipinski definition) is 3. The SMILES string of the molecule is O=CCSCC(=O)NC(c1ccccc1)(c1ccccc1)c1ccccc1. The fourth-order valence-electron chi connectivity index (χ4n) is 3.23. The van der Waals surface area contributed by atoms with Crippen LogP contribution in [0, 0.1) is 0 Å². The van der Waals surface area contributed by atoms with Gasteiger partial charge in [0.25, 0.3) is 0 Å². The van der Waals surface area contributed by atoms with E-state index in [1.54, 1.807) is 0 Å². The number of carbonyl (C=O) groups is 2. The van der Waals surface area contributed by atoms with Gasteiger partial charge in [0, 0.05) is 5.75 Å². The van der Waals surface area contributed by atoms with Crippen molar-refractivity contribution in [3.8, 4) is 0 Å². The molecule has 0 saturated carbocycles. The zero-order chi connectivity index (χ0) is 19.0. The van der Waals surface area contributed by atoms with E-state index >= 15 is 0 Å². The van der Waals surface area contributed by atoms with Gasteiger partial charge in [0.05, 0.1) is 5.75 Å². The normalized spacial score (nSPS) is 11.0. The first-order valence-corrected chi connectivity index (χ1v) is 9.92. The molecule has 0 radical (unpaired) electrons. The molecule has 3 aromatic carbocycles. The largest absolute Gasteiger partial charge is 0.338 e. The van der Waals surface area contributed by atoms with E-state index in [9.17, 15) is 9.59 Å². The first-order chi connectivity index (χ1) is 13.3. The second kappa shape index (κ2) is 9.19. The molecule has 3 aromatic rings. The number of nitrogens with one attached hydrogen (secondary N) is 1. The van der Waals surface area contributed by atoms with Crippen LogP contribution >= 0.6 is 11.8 Å². The van der Waals surface area contributed by atoms with Crippen LogP contribution < -0.4 is 5.32 Å². The Hall–Kier alpha value is -2.85. The van der Waals surface area contributed by atoms with Crippen LogP contribution in [0.2, 0.25) is 0 Å². The number of thioether (sulfide) groups is 1. The van der Waals surface area contributed by atoms with Crippen LogP contribution in [0.15, 0.2) is 91.0 Å². The third kappa shape index (κ3) is 4.29. The van der Waals surface area contributed by atoms with Crippen molar-refractivity contribution in [1.29, 1.82) is 0 Å². The predicted octanol–water partition coefficient (Wildman–Crippen LogP) is 4.03. The maximum Gasteiger partial charge on any atom is 0.231 e. The summed E-state index contributed by atoms with van der Waals surface area (Å²) in [5, 5.41) is 3.26. The number of rotatable bonds is 8. The van der Waals surface area contributed by atoms with Gasteiger partial charge >= 0.3 is 0 Å². The van der Waals surface area contributed by atoms with Crippen molar-refractivity contribution in [1.82, 2.24) is 5.32 Å². The molecule has 3 nitrogen and oxygen atoms in total. The van der Waals surface area contributed by atoms with Gasteiger partial charge in [-0.3, -0.25) is 4.79 Å². The quantitative estimate of drug-likeness (QED) is 0.367. The van der Waals surface area contributed by atoms with Gasteiger partial charge in [-0.1, -0.05) is 91.0 Å². The minimum Gasteiger partial charge on any atom is -0.338 e. The average molecular weight is 375 g/mol. The summed E-state index contributed by atoms with van der Waals surface area (Å²) < 4.78 is 0. The number of amides is 1. The van der Waals surface area contributed by atoms with Crippen LogP contribution in [0.4, 0.5) is 0 Å². The molecule has 0 aromatic heterocycles. The summed E-state index contributed by atoms with van der Waals surface area (Å²) in [7, 11) is 0. The summed E-state index contributed by atoms with van der Waals surface area (Å²) in [6.07, 6.45) is 0.816. The minimum atomic E-state index is -0.803. The van der Waals surface area contributed by atoms with Crippen LogP contribution in [-0.2, 0) is 15.1 Å². The fraction of sp³-hybridized carbons (Fsp3) is 0.130. The van der Waals surface area contributed by atoms with Crippen molar-refractivity contribution in [2.75, 3.05) is 11.5 Å². The molecule has 1 N–H and O–H groups in total. The Morgan fingerprint density at radius 3 is 1.56 bits per heavy atom. The van der Waals surface area contributed by atoms with Crippen LogP contribution in [-0.4, -0.2) is 23.7 Å². The van der Waals surface area contributed by atoms with Crippen LogP contribution in [0.3, 0.4) is 0 Å². The van der Waals surface area contributed by atoms with Gasteiger partial charge in [-0.25, -0.2) is 0 Å². The molecular weight excluding hydrogens is 354 g/mol. The highest BCUT2D eigenvalue weighted by atomic mass is 32.2. The number of aldehydes is 1. The first-order valence-electron chi connectivity index (χ1n) is 8.76. The molecule has 0 fully saturated rings. The monoisotopic (exact) mass is 375 g/mol. The first kappa shape index (κ1) is 18.9. The van der Waals surface area contributed by atoms with Gasteiger partial charge in [0.2, 0.25) is 5.91 Å². The van der Waals surface area contributed by atoms with E-state index in [-0.39, 0.29) is 11.7 Å². The van der Waals surface area contributed by atoms with E-state index in [0.717, 1.165) is 23.0 Å². The van der Waals surface area contributed by atoms with Crippen molar-refractivity contribution >= 4 is 24.0 Å². The molecule has 1 amide bonds. The highest BCUT2D eigenvalue weighted by molar-refractivity contribution is 8.00. The predicted molar refractivity (Wildman–Crippen MR) is 111 cm³/mol. The van der Waals surface area contributed by atoms with E-state index in [0.29, 0.717) is 5.75 Å². The molecule has 0 aliphatic heterocycles. The molecule has 0 heterocycles. The molecule has 0 saturated heterocycles. The minimum absolute atomic E-state index is 0.113. The second-order valence-corrected chi connectivity index (χ2v) is 7.11. The van der Waals surface area contributed by atoms with Crippen molar-refractivity contribution in [2.45, 2.75) is 5.54 Å². The Morgan fingerprint density at radius 2 is 1.19 bits per heavy atom. The molecule has 0 unspecified atom stereocenters. The average Bonchev–Trinajstić information content (AvgIpc) is 2.74. The van der Waals surface area contributed by atoms with Gasteiger partial charge in [0.1, 0.15) is 11.8 Å². The Morgan fingerprint density at radius 1 is 0.778 bits per heavy atom. The summed E-state index contributed by atoms with van der Waals surface area (Å²) in [4.78, 5) is 23.4. The number of carbonyl (C=O) groups excluding carboxylic acids is 2. The van der Waals surface area contributed by atoms with Crippen LogP contribution in [0.1, 0.15) is 16.7 Å². The summed E-state index contributed by atoms with van der Waals surface area (Å²) in [5.74, 6) is 0.425. The van der Waals surface area contributed by atoms with Crippen LogP contribution in [0.5, 0.6) is 0 Å². The van der Waals surface area contributed by atoms with Crippen molar-refractivity contribution in [3.05, 3.63) is 108 Å². The molecule has 3 rings (SSSR count). The lowest BCUT2D eigenvalue weighted by Crippen LogP contribution is -2.48. The van der Waals surface area contributed by atoms with Crippen molar-refractivity contribution < 1.29 is 9.59 Å². The van der Waals surface area contributed by atoms with Crippen molar-refractivity contribution in [2.24, 2.45) is 0 Å². The van der Waals surface area contributed by atoms with E-state index < -0.39 is 5.54 Å². The van der Waals surface area contributed by atoms with Crippen molar-refractivity contribution in [3.63, 3.8) is 0 Å². The second-order valence-electron chi connectivity index (χ2n) is 6.08. The van der Waals surface area contributed by atoms with Gasteiger partial charge in [0.15, 0.2) is 0 Å².